The SMILES string of the molecule is Cc1nc(N)c(C)c(N2CC3CCCN3CC2C)n1. The molecule has 0 radical (unpaired) electrons. The van der Waals surface area contributed by atoms with E-state index in [0.717, 1.165) is 30.3 Å². The minimum Gasteiger partial charge on any atom is -0.383 e. The van der Waals surface area contributed by atoms with E-state index in [-0.39, 0.29) is 0 Å². The van der Waals surface area contributed by atoms with Gasteiger partial charge in [0.05, 0.1) is 0 Å². The van der Waals surface area contributed by atoms with Crippen molar-refractivity contribution in [3.8, 4) is 0 Å². The van der Waals surface area contributed by atoms with Crippen LogP contribution in [0.5, 0.6) is 0 Å². The Morgan fingerprint density at radius 2 is 2.00 bits per heavy atom. The minimum atomic E-state index is 0.488. The number of fused-ring (bicyclic) bond motifs is 1. The van der Waals surface area contributed by atoms with Gasteiger partial charge in [-0.3, -0.25) is 4.90 Å². The Morgan fingerprint density at radius 1 is 1.21 bits per heavy atom. The summed E-state index contributed by atoms with van der Waals surface area (Å²) in [5.41, 5.74) is 7.01. The van der Waals surface area contributed by atoms with E-state index in [2.05, 4.69) is 26.7 Å². The predicted molar refractivity (Wildman–Crippen MR) is 77.3 cm³/mol. The first-order chi connectivity index (χ1) is 9.06. The molecule has 3 rings (SSSR count). The van der Waals surface area contributed by atoms with Gasteiger partial charge in [0.25, 0.3) is 0 Å². The first kappa shape index (κ1) is 12.7. The van der Waals surface area contributed by atoms with Crippen molar-refractivity contribution >= 4 is 11.6 Å². The molecule has 2 atom stereocenters. The van der Waals surface area contributed by atoms with Crippen molar-refractivity contribution < 1.29 is 0 Å². The lowest BCUT2D eigenvalue weighted by Crippen LogP contribution is -2.55. The van der Waals surface area contributed by atoms with Crippen LogP contribution in [0.3, 0.4) is 0 Å². The number of aromatic nitrogens is 2. The summed E-state index contributed by atoms with van der Waals surface area (Å²) >= 11 is 0. The predicted octanol–water partition coefficient (Wildman–Crippen LogP) is 1.35. The number of aryl methyl sites for hydroxylation is 1. The van der Waals surface area contributed by atoms with E-state index in [0.29, 0.717) is 17.9 Å². The molecule has 1 aromatic rings. The number of nitrogens with two attached hydrogens (primary N) is 1. The third kappa shape index (κ3) is 2.16. The van der Waals surface area contributed by atoms with E-state index in [1.165, 1.54) is 19.4 Å². The van der Waals surface area contributed by atoms with Crippen molar-refractivity contribution in [1.82, 2.24) is 14.9 Å². The number of piperazine rings is 1. The highest BCUT2D eigenvalue weighted by Crippen LogP contribution is 2.30. The summed E-state index contributed by atoms with van der Waals surface area (Å²) in [6, 6.07) is 1.17. The highest BCUT2D eigenvalue weighted by Gasteiger charge is 2.35. The highest BCUT2D eigenvalue weighted by atomic mass is 15.3. The Morgan fingerprint density at radius 3 is 2.79 bits per heavy atom. The third-order valence-electron chi connectivity index (χ3n) is 4.48. The van der Waals surface area contributed by atoms with Crippen molar-refractivity contribution in [2.45, 2.75) is 45.7 Å². The molecule has 2 aliphatic rings. The lowest BCUT2D eigenvalue weighted by molar-refractivity contribution is 0.202. The van der Waals surface area contributed by atoms with Crippen LogP contribution in [-0.2, 0) is 0 Å². The average molecular weight is 261 g/mol. The Labute approximate surface area is 114 Å². The fourth-order valence-corrected chi connectivity index (χ4v) is 3.40. The number of nitrogen functional groups attached to an aromatic ring is 1. The van der Waals surface area contributed by atoms with Crippen molar-refractivity contribution in [2.24, 2.45) is 0 Å². The fourth-order valence-electron chi connectivity index (χ4n) is 3.40. The number of hydrogen-bond donors (Lipinski definition) is 1. The van der Waals surface area contributed by atoms with Crippen molar-refractivity contribution in [2.75, 3.05) is 30.3 Å². The number of nitrogens with zero attached hydrogens (tertiary/aromatic N) is 4. The average Bonchev–Trinajstić information content (AvgIpc) is 2.80. The van der Waals surface area contributed by atoms with Crippen LogP contribution < -0.4 is 10.6 Å². The molecule has 0 bridgehead atoms. The summed E-state index contributed by atoms with van der Waals surface area (Å²) in [6.45, 7) is 9.67. The zero-order chi connectivity index (χ0) is 13.6. The van der Waals surface area contributed by atoms with Gasteiger partial charge in [0, 0.05) is 30.7 Å². The summed E-state index contributed by atoms with van der Waals surface area (Å²) in [6.07, 6.45) is 2.64. The maximum Gasteiger partial charge on any atom is 0.137 e. The van der Waals surface area contributed by atoms with Crippen LogP contribution in [0.1, 0.15) is 31.2 Å². The van der Waals surface area contributed by atoms with E-state index in [4.69, 9.17) is 5.73 Å². The highest BCUT2D eigenvalue weighted by molar-refractivity contribution is 5.57. The summed E-state index contributed by atoms with van der Waals surface area (Å²) < 4.78 is 0. The molecule has 5 heteroatoms. The number of rotatable bonds is 1. The first-order valence-electron chi connectivity index (χ1n) is 7.17. The van der Waals surface area contributed by atoms with Gasteiger partial charge in [0.15, 0.2) is 0 Å². The van der Waals surface area contributed by atoms with Gasteiger partial charge in [0.1, 0.15) is 17.5 Å². The molecular formula is C14H23N5. The van der Waals surface area contributed by atoms with Crippen LogP contribution >= 0.6 is 0 Å². The Balaban J connectivity index is 1.93. The largest absolute Gasteiger partial charge is 0.383 e. The van der Waals surface area contributed by atoms with E-state index in [1.807, 2.05) is 13.8 Å². The monoisotopic (exact) mass is 261 g/mol. The molecule has 0 aliphatic carbocycles. The van der Waals surface area contributed by atoms with Crippen LogP contribution in [0.15, 0.2) is 0 Å². The molecule has 0 aromatic carbocycles. The molecule has 0 amide bonds. The maximum absolute atomic E-state index is 5.99. The van der Waals surface area contributed by atoms with E-state index < -0.39 is 0 Å². The quantitative estimate of drug-likeness (QED) is 0.827. The maximum atomic E-state index is 5.99. The zero-order valence-electron chi connectivity index (χ0n) is 12.1. The Kier molecular flexibility index (Phi) is 3.09. The molecule has 104 valence electrons. The van der Waals surface area contributed by atoms with Gasteiger partial charge < -0.3 is 10.6 Å². The second kappa shape index (κ2) is 4.63. The molecule has 0 saturated carbocycles. The molecule has 2 aliphatic heterocycles. The van der Waals surface area contributed by atoms with Crippen molar-refractivity contribution in [3.63, 3.8) is 0 Å². The van der Waals surface area contributed by atoms with Crippen molar-refractivity contribution in [3.05, 3.63) is 11.4 Å². The van der Waals surface area contributed by atoms with Gasteiger partial charge in [-0.25, -0.2) is 9.97 Å². The van der Waals surface area contributed by atoms with Crippen LogP contribution in [0, 0.1) is 13.8 Å². The summed E-state index contributed by atoms with van der Waals surface area (Å²) in [5.74, 6) is 2.41. The molecule has 1 aromatic heterocycles. The van der Waals surface area contributed by atoms with Crippen LogP contribution in [0.25, 0.3) is 0 Å². The zero-order valence-corrected chi connectivity index (χ0v) is 12.1. The molecule has 2 saturated heterocycles. The fraction of sp³-hybridized carbons (Fsp3) is 0.714. The van der Waals surface area contributed by atoms with Crippen LogP contribution in [-0.4, -0.2) is 46.6 Å². The molecule has 5 nitrogen and oxygen atoms in total. The van der Waals surface area contributed by atoms with Gasteiger partial charge >= 0.3 is 0 Å². The first-order valence-corrected chi connectivity index (χ1v) is 7.17. The molecule has 2 fully saturated rings. The lowest BCUT2D eigenvalue weighted by Gasteiger charge is -2.43. The lowest BCUT2D eigenvalue weighted by atomic mass is 10.1. The summed E-state index contributed by atoms with van der Waals surface area (Å²) in [4.78, 5) is 13.9. The van der Waals surface area contributed by atoms with Gasteiger partial charge in [-0.1, -0.05) is 0 Å². The van der Waals surface area contributed by atoms with Gasteiger partial charge in [-0.2, -0.15) is 0 Å². The van der Waals surface area contributed by atoms with Crippen LogP contribution in [0.4, 0.5) is 11.6 Å². The Hall–Kier alpha value is -1.36. The minimum absolute atomic E-state index is 0.488. The van der Waals surface area contributed by atoms with Crippen molar-refractivity contribution in [1.29, 1.82) is 0 Å². The second-order valence-corrected chi connectivity index (χ2v) is 5.90. The normalized spacial score (nSPS) is 27.6. The van der Waals surface area contributed by atoms with E-state index in [1.54, 1.807) is 0 Å². The standard InChI is InChI=1S/C14H23N5/c1-9-7-18-6-4-5-12(18)8-19(9)14-10(2)13(15)16-11(3)17-14/h9,12H,4-8H2,1-3H3,(H2,15,16,17). The summed E-state index contributed by atoms with van der Waals surface area (Å²) in [7, 11) is 0. The second-order valence-electron chi connectivity index (χ2n) is 5.90. The third-order valence-corrected chi connectivity index (χ3v) is 4.48. The molecular weight excluding hydrogens is 238 g/mol. The number of anilines is 2. The van der Waals surface area contributed by atoms with E-state index >= 15 is 0 Å². The summed E-state index contributed by atoms with van der Waals surface area (Å²) in [5, 5.41) is 0. The molecule has 2 unspecified atom stereocenters. The molecule has 0 spiro atoms. The van der Waals surface area contributed by atoms with Crippen LogP contribution in [0.2, 0.25) is 0 Å². The number of hydrogen-bond acceptors (Lipinski definition) is 5. The smallest absolute Gasteiger partial charge is 0.137 e. The topological polar surface area (TPSA) is 58.3 Å². The van der Waals surface area contributed by atoms with E-state index in [9.17, 15) is 0 Å². The molecule has 2 N–H and O–H groups in total. The van der Waals surface area contributed by atoms with Gasteiger partial charge in [-0.15, -0.1) is 0 Å². The molecule has 3 heterocycles. The van der Waals surface area contributed by atoms with Gasteiger partial charge in [-0.05, 0) is 40.2 Å². The Bertz CT molecular complexity index is 487. The van der Waals surface area contributed by atoms with Gasteiger partial charge in [0.2, 0.25) is 0 Å². The molecule has 19 heavy (non-hydrogen) atoms.